The minimum Gasteiger partial charge on any atom is -0.382 e. The molecule has 0 amide bonds. The van der Waals surface area contributed by atoms with Gasteiger partial charge in [-0.15, -0.1) is 0 Å². The molecule has 0 unspecified atom stereocenters. The summed E-state index contributed by atoms with van der Waals surface area (Å²) < 4.78 is 219. The van der Waals surface area contributed by atoms with Crippen LogP contribution in [0.4, 0.5) is 0 Å². The van der Waals surface area contributed by atoms with Crippen molar-refractivity contribution in [2.24, 2.45) is 5.73 Å². The fraction of sp³-hybridized carbons (Fsp3) is 1.00. The van der Waals surface area contributed by atoms with Gasteiger partial charge in [-0.2, -0.15) is 0 Å². The Morgan fingerprint density at radius 2 is 0.309 bits per heavy atom. The summed E-state index contributed by atoms with van der Waals surface area (Å²) in [4.78, 5) is 0. The van der Waals surface area contributed by atoms with Gasteiger partial charge < -0.3 is 167 Å². The van der Waals surface area contributed by atoms with Gasteiger partial charge in [0.25, 0.3) is 0 Å². The fourth-order valence-corrected chi connectivity index (χ4v) is 14.7. The molecule has 0 aromatic heterocycles. The van der Waals surface area contributed by atoms with Crippen LogP contribution in [-0.4, -0.2) is 403 Å². The lowest BCUT2D eigenvalue weighted by molar-refractivity contribution is -0.402. The Hall–Kier alpha value is -1.40. The molecule has 0 aliphatic carbocycles. The second-order valence-electron chi connectivity index (χ2n) is 24.4. The standard InChI is InChI=1S/C62H111NO34/c1-64-21-28-36-43(71-8)35(63)56(84-28)91-37-29(22-65-2)85-58(50(78-15)44(37)72-9)93-39-31(24-67-4)87-60(52(80-17)46(39)74-11)95-41-33(26-69-6)89-62(54(82-19)48(41)76-13)97-42-34(27-70-7)90-61(55(83-20)49(42)77-14)96-40-32(25-68-5)88-59(53(81-18)47(40)75-12)94-38-30(23-66-3)86-57(92-36)51(79-16)45(38)73-10/h28-62H,21-27,63H2,1-20H3/t28-,29-,30-,31-,32-,33-,34-,35+,36-,37-,38-,39-,40-,41-,42-,43-,44+,45-,46+,47-,48+,49-,50-,51+,52-,53+,54-,55+,56-,57-,58-,59-,60-,61-,62-/m1/s1. The highest BCUT2D eigenvalue weighted by molar-refractivity contribution is 5.04. The van der Waals surface area contributed by atoms with Crippen molar-refractivity contribution in [1.82, 2.24) is 0 Å². The summed E-state index contributed by atoms with van der Waals surface area (Å²) in [6.07, 6.45) is -34.9. The molecular weight excluding hydrogens is 1300 g/mol. The molecule has 568 valence electrons. The van der Waals surface area contributed by atoms with Gasteiger partial charge in [-0.1, -0.05) is 0 Å². The number of methoxy groups -OCH3 is 20. The van der Waals surface area contributed by atoms with E-state index in [1.54, 1.807) is 0 Å². The van der Waals surface area contributed by atoms with Crippen LogP contribution in [0, 0.1) is 0 Å². The Balaban J connectivity index is 1.23. The summed E-state index contributed by atoms with van der Waals surface area (Å²) in [6.45, 7) is -0.275. The van der Waals surface area contributed by atoms with Crippen LogP contribution in [0.3, 0.4) is 0 Å². The predicted octanol–water partition coefficient (Wildman–Crippen LogP) is -2.18. The van der Waals surface area contributed by atoms with Crippen molar-refractivity contribution in [3.8, 4) is 0 Å². The highest BCUT2D eigenvalue weighted by Crippen LogP contribution is 2.43. The molecule has 2 N–H and O–H groups in total. The number of hydrogen-bond acceptors (Lipinski definition) is 35. The van der Waals surface area contributed by atoms with E-state index < -0.39 is 215 Å². The zero-order valence-electron chi connectivity index (χ0n) is 59.6. The van der Waals surface area contributed by atoms with E-state index in [2.05, 4.69) is 0 Å². The fourth-order valence-electron chi connectivity index (χ4n) is 14.7. The highest BCUT2D eigenvalue weighted by Gasteiger charge is 2.62. The minimum atomic E-state index is -1.23. The van der Waals surface area contributed by atoms with Crippen LogP contribution in [-0.2, 0) is 161 Å². The largest absolute Gasteiger partial charge is 0.382 e. The smallest absolute Gasteiger partial charge is 0.187 e. The van der Waals surface area contributed by atoms with Gasteiger partial charge in [0.1, 0.15) is 165 Å². The average Bonchev–Trinajstić information content (AvgIpc) is 0.776. The maximum Gasteiger partial charge on any atom is 0.187 e. The van der Waals surface area contributed by atoms with Crippen LogP contribution in [0.1, 0.15) is 0 Å². The van der Waals surface area contributed by atoms with Gasteiger partial charge in [-0.3, -0.25) is 0 Å². The Morgan fingerprint density at radius 3 is 0.454 bits per heavy atom. The van der Waals surface area contributed by atoms with Gasteiger partial charge in [-0.25, -0.2) is 0 Å². The van der Waals surface area contributed by atoms with Crippen LogP contribution in [0.25, 0.3) is 0 Å². The van der Waals surface area contributed by atoms with Crippen molar-refractivity contribution < 1.29 is 161 Å². The van der Waals surface area contributed by atoms with Crippen LogP contribution >= 0.6 is 0 Å². The Labute approximate surface area is 568 Å². The molecule has 0 aromatic rings. The highest BCUT2D eigenvalue weighted by atomic mass is 16.8. The molecule has 21 saturated heterocycles. The topological polar surface area (TPSA) is 340 Å². The van der Waals surface area contributed by atoms with Crippen molar-refractivity contribution in [2.45, 2.75) is 215 Å². The lowest BCUT2D eigenvalue weighted by Crippen LogP contribution is -2.70. The van der Waals surface area contributed by atoms with Crippen LogP contribution in [0.2, 0.25) is 0 Å². The molecule has 0 spiro atoms. The second kappa shape index (κ2) is 39.6. The van der Waals surface area contributed by atoms with E-state index in [-0.39, 0.29) is 46.2 Å². The molecular formula is C62H111NO34. The zero-order chi connectivity index (χ0) is 70.2. The van der Waals surface area contributed by atoms with Crippen molar-refractivity contribution in [3.63, 3.8) is 0 Å². The molecule has 21 rings (SSSR count). The summed E-state index contributed by atoms with van der Waals surface area (Å²) >= 11 is 0. The lowest BCUT2D eigenvalue weighted by Gasteiger charge is -2.52. The lowest BCUT2D eigenvalue weighted by atomic mass is 9.94. The third-order valence-electron chi connectivity index (χ3n) is 19.1. The Bertz CT molecular complexity index is 2190. The molecule has 35 nitrogen and oxygen atoms in total. The first-order chi connectivity index (χ1) is 47.1. The molecule has 21 aliphatic heterocycles. The van der Waals surface area contributed by atoms with E-state index in [1.165, 1.54) is 142 Å². The quantitative estimate of drug-likeness (QED) is 0.0913. The van der Waals surface area contributed by atoms with E-state index in [0.29, 0.717) is 0 Å². The first-order valence-corrected chi connectivity index (χ1v) is 32.4. The number of rotatable bonds is 27. The molecule has 14 bridgehead atoms. The molecule has 35 heteroatoms. The third kappa shape index (κ3) is 17.8. The Morgan fingerprint density at radius 1 is 0.175 bits per heavy atom. The number of hydrogen-bond donors (Lipinski definition) is 1. The van der Waals surface area contributed by atoms with Crippen molar-refractivity contribution >= 4 is 0 Å². The average molecular weight is 1410 g/mol. The maximum atomic E-state index is 7.20. The second-order valence-corrected chi connectivity index (χ2v) is 24.4. The summed E-state index contributed by atoms with van der Waals surface area (Å²) in [5.41, 5.74) is 7.20. The molecule has 0 radical (unpaired) electrons. The van der Waals surface area contributed by atoms with Gasteiger partial charge in [0.15, 0.2) is 44.0 Å². The predicted molar refractivity (Wildman–Crippen MR) is 326 cm³/mol. The minimum absolute atomic E-state index is 0.0382. The van der Waals surface area contributed by atoms with E-state index in [4.69, 9.17) is 167 Å². The molecule has 0 aromatic carbocycles. The number of ether oxygens (including phenoxy) is 34. The maximum absolute atomic E-state index is 7.20. The summed E-state index contributed by atoms with van der Waals surface area (Å²) in [6, 6.07) is -1.07. The van der Waals surface area contributed by atoms with Gasteiger partial charge in [0.2, 0.25) is 0 Å². The van der Waals surface area contributed by atoms with E-state index in [9.17, 15) is 0 Å². The van der Waals surface area contributed by atoms with Gasteiger partial charge >= 0.3 is 0 Å². The van der Waals surface area contributed by atoms with Crippen molar-refractivity contribution in [3.05, 3.63) is 0 Å². The van der Waals surface area contributed by atoms with Gasteiger partial charge in [0, 0.05) is 142 Å². The molecule has 21 fully saturated rings. The SMILES string of the molecule is COC[C@H]1O[C@@H]2O[C@H]3[C@H](OC)[C@@H](OC)[C@@H](O[C@H]4[C@H](OC)[C@@H](OC)[C@@H](O[C@H]5[C@@H](OC)[C@H](OC)[C@@H](O[C@H]6[C@@H](OC)[C@H](OC)[C@@H](O[C@H]7[C@@H](OC)[C@H](OC)[C@@H](O[C@H]8[C@H](OC)[C@H](N)[C@@H](O[C@H]1[C@H](OC)[C@H]2OC)O[C@@H]8COC)O[C@@H]7COC)O[C@@H]6COC)O[C@@H]5COC)O[C@@H]4COC)O[C@@H]3COC. The third-order valence-corrected chi connectivity index (χ3v) is 19.1. The van der Waals surface area contributed by atoms with E-state index in [0.717, 1.165) is 0 Å². The van der Waals surface area contributed by atoms with Crippen molar-refractivity contribution in [1.29, 1.82) is 0 Å². The van der Waals surface area contributed by atoms with Crippen LogP contribution < -0.4 is 5.73 Å². The van der Waals surface area contributed by atoms with Crippen molar-refractivity contribution in [2.75, 3.05) is 188 Å². The van der Waals surface area contributed by atoms with E-state index >= 15 is 0 Å². The molecule has 97 heavy (non-hydrogen) atoms. The molecule has 35 atom stereocenters. The number of nitrogens with two attached hydrogens (primary N) is 1. The van der Waals surface area contributed by atoms with Gasteiger partial charge in [0.05, 0.1) is 52.3 Å². The molecule has 0 saturated carbocycles. The molecule has 21 heterocycles. The summed E-state index contributed by atoms with van der Waals surface area (Å²) in [5.74, 6) is 0. The Kier molecular flexibility index (Phi) is 33.2. The zero-order valence-corrected chi connectivity index (χ0v) is 59.6. The monoisotopic (exact) mass is 1410 g/mol. The van der Waals surface area contributed by atoms with Crippen LogP contribution in [0.5, 0.6) is 0 Å². The van der Waals surface area contributed by atoms with Crippen LogP contribution in [0.15, 0.2) is 0 Å². The van der Waals surface area contributed by atoms with Gasteiger partial charge in [-0.05, 0) is 0 Å². The molecule has 21 aliphatic rings. The first-order valence-electron chi connectivity index (χ1n) is 32.4. The first kappa shape index (κ1) is 81.3. The summed E-state index contributed by atoms with van der Waals surface area (Å²) in [7, 11) is 30.1. The van der Waals surface area contributed by atoms with E-state index in [1.807, 2.05) is 0 Å². The normalized spacial score (nSPS) is 46.4. The summed E-state index contributed by atoms with van der Waals surface area (Å²) in [5, 5.41) is 0.